The minimum atomic E-state index is -0.994. The molecule has 14 N–H and O–H groups in total. The molecule has 0 spiro atoms. The highest BCUT2D eigenvalue weighted by molar-refractivity contribution is 7.51. The van der Waals surface area contributed by atoms with Crippen molar-refractivity contribution in [1.82, 2.24) is 35.6 Å². The van der Waals surface area contributed by atoms with Crippen molar-refractivity contribution in [1.29, 1.82) is 5.41 Å². The first-order valence-electron chi connectivity index (χ1n) is 22.1. The molecule has 2 amide bonds. The van der Waals surface area contributed by atoms with Gasteiger partial charge in [-0.05, 0) is 52.0 Å². The fraction of sp³-hybridized carbons (Fsp3) is 0.651. The smallest absolute Gasteiger partial charge is 0.317 e. The number of aliphatic hydroxyl groups excluding tert-OH is 1. The number of carbonyl (C=O) groups excluding carboxylic acids is 3. The van der Waals surface area contributed by atoms with Crippen LogP contribution in [-0.2, 0) is 39.8 Å². The lowest BCUT2D eigenvalue weighted by atomic mass is 10.1. The summed E-state index contributed by atoms with van der Waals surface area (Å²) >= 11 is 0. The number of carboxylic acid groups (broad SMARTS) is 3. The van der Waals surface area contributed by atoms with Crippen LogP contribution in [0, 0.1) is 11.3 Å². The average molecular weight is 988 g/mol. The molecule has 1 fully saturated rings. The van der Waals surface area contributed by atoms with Gasteiger partial charge in [0.2, 0.25) is 11.8 Å². The van der Waals surface area contributed by atoms with Gasteiger partial charge in [0.25, 0.3) is 0 Å². The molecule has 0 bridgehead atoms. The number of nitrogens with zero attached hydrogens (tertiary/aromatic N) is 6. The number of carboxylic acids is 3. The largest absolute Gasteiger partial charge is 0.480 e. The summed E-state index contributed by atoms with van der Waals surface area (Å²) in [5.74, 6) is -2.19. The molecule has 1 saturated heterocycles. The number of rotatable bonds is 24. The zero-order chi connectivity index (χ0) is 52.3. The molecule has 2 rings (SSSR count). The Morgan fingerprint density at radius 1 is 0.824 bits per heavy atom. The van der Waals surface area contributed by atoms with E-state index in [1.165, 1.54) is 14.0 Å². The highest BCUT2D eigenvalue weighted by atomic mass is 31.1. The van der Waals surface area contributed by atoms with Crippen molar-refractivity contribution in [3.63, 3.8) is 0 Å². The van der Waals surface area contributed by atoms with Gasteiger partial charge in [-0.1, -0.05) is 38.1 Å². The maximum Gasteiger partial charge on any atom is 0.317 e. The molecular weight excluding hydrogens is 906 g/mol. The first-order chi connectivity index (χ1) is 32.3. The van der Waals surface area contributed by atoms with E-state index < -0.39 is 26.1 Å². The summed E-state index contributed by atoms with van der Waals surface area (Å²) in [7, 11) is 2.80. The Kier molecular flexibility index (Phi) is 44.0. The topological polar surface area (TPSA) is 368 Å². The molecule has 24 nitrogen and oxygen atoms in total. The van der Waals surface area contributed by atoms with Gasteiger partial charge in [-0.2, -0.15) is 5.10 Å². The molecule has 390 valence electrons. The molecule has 0 saturated carbocycles. The van der Waals surface area contributed by atoms with Gasteiger partial charge in [-0.25, -0.2) is 0 Å². The summed E-state index contributed by atoms with van der Waals surface area (Å²) < 4.78 is 5.18. The fourth-order valence-electron chi connectivity index (χ4n) is 5.45. The highest BCUT2D eigenvalue weighted by Gasteiger charge is 2.21. The Balaban J connectivity index is -0.00000101. The molecule has 1 aliphatic rings. The first-order valence-corrected chi connectivity index (χ1v) is 24.0. The number of aliphatic carboxylic acids is 3. The van der Waals surface area contributed by atoms with Gasteiger partial charge in [-0.15, -0.1) is 5.10 Å². The summed E-state index contributed by atoms with van der Waals surface area (Å²) in [6, 6.07) is 7.31. The molecule has 0 radical (unpaired) electrons. The zero-order valence-corrected chi connectivity index (χ0v) is 41.9. The van der Waals surface area contributed by atoms with Crippen LogP contribution in [0.15, 0.2) is 34.5 Å². The van der Waals surface area contributed by atoms with E-state index in [2.05, 4.69) is 52.5 Å². The standard InChI is InChI=1S/C21H39N5O7.C14H18N4O2.C5H14NO2P.C2H6N2.CH5N/c1-17(2)3-4-22-18(27)13-23-5-7-24(14-19(28)29)9-11-26(16-21(32)33)12-10-25(8-6-23)15-20(30)31;1-16-18-14(15)12-7-5-11(6-8-12)10-17-13(20)4-2-3-9-19;1-6-3-4-8-9(2)5-7;1-2(3)4;1-2/h17H,3-16H2,1-2H3,(H,22,27)(H,28,29)(H,30,31)(H,32,33);5-9H,1-4,10H2,(H2,15,18)(H,17,20);6-7H,3-5H2,1-2H3;1H3,(H3,3,4);2H2,1H3. The molecule has 0 aliphatic carbocycles. The summed E-state index contributed by atoms with van der Waals surface area (Å²) in [6.07, 6.45) is 3.21. The molecule has 25 heteroatoms. The maximum atomic E-state index is 12.4. The van der Waals surface area contributed by atoms with Crippen molar-refractivity contribution in [3.05, 3.63) is 35.4 Å². The second-order valence-electron chi connectivity index (χ2n) is 15.4. The van der Waals surface area contributed by atoms with E-state index >= 15 is 0 Å². The van der Waals surface area contributed by atoms with E-state index in [0.29, 0.717) is 103 Å². The molecule has 1 aromatic rings. The molecule has 1 unspecified atom stereocenters. The summed E-state index contributed by atoms with van der Waals surface area (Å²) in [6.45, 7) is 16.0. The number of benzene rings is 1. The maximum absolute atomic E-state index is 12.4. The van der Waals surface area contributed by atoms with E-state index in [1.54, 1.807) is 26.8 Å². The summed E-state index contributed by atoms with van der Waals surface area (Å²) in [4.78, 5) is 74.9. The molecule has 1 aromatic carbocycles. The minimum absolute atomic E-state index is 0.0622. The molecule has 0 aromatic heterocycles. The van der Waals surface area contributed by atoms with Crippen molar-refractivity contribution >= 4 is 62.5 Å². The van der Waals surface area contributed by atoms with Crippen molar-refractivity contribution in [2.45, 2.75) is 53.0 Å². The van der Waals surface area contributed by atoms with Crippen LogP contribution in [0.3, 0.4) is 0 Å². The predicted octanol–water partition coefficient (Wildman–Crippen LogP) is -0.667. The summed E-state index contributed by atoms with van der Waals surface area (Å²) in [5, 5.41) is 58.1. The molecule has 1 aliphatic heterocycles. The van der Waals surface area contributed by atoms with E-state index in [-0.39, 0.29) is 50.2 Å². The van der Waals surface area contributed by atoms with Gasteiger partial charge in [0.1, 0.15) is 6.29 Å². The van der Waals surface area contributed by atoms with E-state index in [0.717, 1.165) is 30.4 Å². The minimum Gasteiger partial charge on any atom is -0.480 e. The van der Waals surface area contributed by atoms with E-state index in [4.69, 9.17) is 26.5 Å². The SMILES string of the molecule is C=N/N=C(\N)c1ccc(CNC(=O)CCCC=O)cc1.CC(=N)N.CC(C)CCNC(=O)CN1CCN(CC(=O)O)CCN(CC(=O)O)CCN(CC(=O)O)CC1.CN.CNCCOP(C)CO. The average Bonchev–Trinajstić information content (AvgIpc) is 3.27. The third-order valence-corrected chi connectivity index (χ3v) is 9.95. The lowest BCUT2D eigenvalue weighted by Crippen LogP contribution is -2.49. The number of unbranched alkanes of at least 4 members (excludes halogenated alkanes) is 1. The van der Waals surface area contributed by atoms with Crippen LogP contribution in [0.4, 0.5) is 0 Å². The van der Waals surface area contributed by atoms with Gasteiger partial charge in [0, 0.05) is 97.1 Å². The third-order valence-electron chi connectivity index (χ3n) is 8.92. The zero-order valence-electron chi connectivity index (χ0n) is 41.0. The number of nitrogens with one attached hydrogen (secondary N) is 4. The van der Waals surface area contributed by atoms with Crippen molar-refractivity contribution in [2.75, 3.05) is 125 Å². The molecule has 1 atom stereocenters. The second kappa shape index (κ2) is 44.5. The van der Waals surface area contributed by atoms with Gasteiger partial charge in [0.05, 0.1) is 53.1 Å². The Morgan fingerprint density at radius 2 is 1.26 bits per heavy atom. The van der Waals surface area contributed by atoms with Crippen LogP contribution in [-0.4, -0.2) is 220 Å². The van der Waals surface area contributed by atoms with Crippen molar-refractivity contribution < 1.29 is 53.7 Å². The molecule has 68 heavy (non-hydrogen) atoms. The Morgan fingerprint density at radius 3 is 1.63 bits per heavy atom. The number of hydrogen-bond acceptors (Lipinski definition) is 17. The number of nitrogens with two attached hydrogens (primary N) is 3. The number of likely N-dealkylation sites (N-methyl/N-ethyl adjacent to an activating group) is 1. The Bertz CT molecular complexity index is 1560. The van der Waals surface area contributed by atoms with Crippen LogP contribution < -0.4 is 33.2 Å². The van der Waals surface area contributed by atoms with Crippen LogP contribution in [0.5, 0.6) is 0 Å². The number of aliphatic hydroxyl groups is 1. The van der Waals surface area contributed by atoms with Gasteiger partial charge in [0.15, 0.2) is 5.84 Å². The van der Waals surface area contributed by atoms with Crippen molar-refractivity contribution in [2.24, 2.45) is 33.3 Å². The lowest BCUT2D eigenvalue weighted by molar-refractivity contribution is -0.140. The van der Waals surface area contributed by atoms with Crippen LogP contribution >= 0.6 is 8.15 Å². The number of amides is 2. The normalized spacial score (nSPS) is 14.4. The number of aldehydes is 1. The highest BCUT2D eigenvalue weighted by Crippen LogP contribution is 2.28. The van der Waals surface area contributed by atoms with Gasteiger partial charge in [-0.3, -0.25) is 49.0 Å². The van der Waals surface area contributed by atoms with Gasteiger partial charge < -0.3 is 62.9 Å². The van der Waals surface area contributed by atoms with E-state index in [1.807, 2.05) is 30.7 Å². The first kappa shape index (κ1) is 67.2. The number of amidine groups is 2. The second-order valence-corrected chi connectivity index (χ2v) is 17.2. The van der Waals surface area contributed by atoms with Crippen LogP contribution in [0.1, 0.15) is 57.6 Å². The predicted molar refractivity (Wildman–Crippen MR) is 267 cm³/mol. The Hall–Kier alpha value is -5.04. The molecule has 1 heterocycles. The number of carbonyl (C=O) groups is 6. The molecular formula is C43H82N13O11P. The quantitative estimate of drug-likeness (QED) is 0.0153. The lowest BCUT2D eigenvalue weighted by Gasteiger charge is -2.32. The van der Waals surface area contributed by atoms with Crippen LogP contribution in [0.25, 0.3) is 0 Å². The van der Waals surface area contributed by atoms with Crippen LogP contribution in [0.2, 0.25) is 0 Å². The summed E-state index contributed by atoms with van der Waals surface area (Å²) in [5.41, 5.74) is 16.6. The van der Waals surface area contributed by atoms with Gasteiger partial charge >= 0.3 is 17.9 Å². The van der Waals surface area contributed by atoms with E-state index in [9.17, 15) is 44.1 Å². The Labute approximate surface area is 403 Å². The third kappa shape index (κ3) is 43.5. The van der Waals surface area contributed by atoms with Crippen molar-refractivity contribution in [3.8, 4) is 0 Å². The number of hydrogen-bond donors (Lipinski definition) is 11. The fourth-order valence-corrected chi connectivity index (χ4v) is 5.94. The monoisotopic (exact) mass is 988 g/mol.